The van der Waals surface area contributed by atoms with E-state index in [1.165, 1.54) is 0 Å². The summed E-state index contributed by atoms with van der Waals surface area (Å²) < 4.78 is 5.36. The topological polar surface area (TPSA) is 87.7 Å². The van der Waals surface area contributed by atoms with Crippen molar-refractivity contribution in [2.75, 3.05) is 5.32 Å². The Hall–Kier alpha value is -3.35. The first-order valence-corrected chi connectivity index (χ1v) is 12.5. The largest absolute Gasteiger partial charge is 0.444 e. The van der Waals surface area contributed by atoms with Crippen LogP contribution in [0.15, 0.2) is 42.5 Å². The molecule has 3 amide bonds. The van der Waals surface area contributed by atoms with Crippen LogP contribution in [-0.2, 0) is 14.3 Å². The van der Waals surface area contributed by atoms with Gasteiger partial charge < -0.3 is 20.3 Å². The number of anilines is 1. The number of benzene rings is 2. The summed E-state index contributed by atoms with van der Waals surface area (Å²) in [6.45, 7) is 14.8. The summed E-state index contributed by atoms with van der Waals surface area (Å²) in [5.74, 6) is -0.345. The van der Waals surface area contributed by atoms with Crippen LogP contribution in [0, 0.1) is 26.7 Å². The second-order valence-electron chi connectivity index (χ2n) is 10.9. The van der Waals surface area contributed by atoms with E-state index in [4.69, 9.17) is 4.74 Å². The van der Waals surface area contributed by atoms with Crippen LogP contribution in [0.5, 0.6) is 0 Å². The van der Waals surface area contributed by atoms with Crippen molar-refractivity contribution in [2.24, 2.45) is 5.92 Å². The zero-order valence-corrected chi connectivity index (χ0v) is 22.6. The number of ether oxygens (including phenoxy) is 1. The number of rotatable bonds is 7. The summed E-state index contributed by atoms with van der Waals surface area (Å²) in [7, 11) is 0. The Morgan fingerprint density at radius 3 is 2.06 bits per heavy atom. The van der Waals surface area contributed by atoms with Crippen molar-refractivity contribution in [1.82, 2.24) is 10.2 Å². The number of carbonyl (C=O) groups is 3. The van der Waals surface area contributed by atoms with Crippen LogP contribution in [-0.4, -0.2) is 40.5 Å². The van der Waals surface area contributed by atoms with Gasteiger partial charge in [-0.2, -0.15) is 0 Å². The minimum atomic E-state index is -0.870. The van der Waals surface area contributed by atoms with E-state index < -0.39 is 23.8 Å². The second-order valence-corrected chi connectivity index (χ2v) is 10.9. The number of para-hydroxylation sites is 1. The first kappa shape index (κ1) is 27.2. The predicted octanol–water partition coefficient (Wildman–Crippen LogP) is 5.44. The summed E-state index contributed by atoms with van der Waals surface area (Å²) >= 11 is 0. The summed E-state index contributed by atoms with van der Waals surface area (Å²) in [5, 5.41) is 5.73. The average molecular weight is 494 g/mol. The van der Waals surface area contributed by atoms with Gasteiger partial charge in [-0.15, -0.1) is 0 Å². The Bertz CT molecular complexity index is 1120. The molecule has 0 heterocycles. The molecule has 1 saturated carbocycles. The molecule has 7 nitrogen and oxygen atoms in total. The maximum absolute atomic E-state index is 14.0. The van der Waals surface area contributed by atoms with Gasteiger partial charge in [-0.05, 0) is 89.1 Å². The van der Waals surface area contributed by atoms with E-state index in [2.05, 4.69) is 17.6 Å². The molecule has 7 heteroatoms. The van der Waals surface area contributed by atoms with Crippen LogP contribution in [0.1, 0.15) is 69.3 Å². The highest BCUT2D eigenvalue weighted by molar-refractivity contribution is 6.00. The first-order chi connectivity index (χ1) is 16.8. The normalized spacial score (nSPS) is 18.6. The highest BCUT2D eigenvalue weighted by atomic mass is 16.6. The van der Waals surface area contributed by atoms with Gasteiger partial charge in [-0.25, -0.2) is 4.79 Å². The lowest BCUT2D eigenvalue weighted by atomic mass is 9.93. The molecule has 2 aromatic carbocycles. The third-order valence-corrected chi connectivity index (χ3v) is 6.53. The second kappa shape index (κ2) is 10.7. The molecule has 0 radical (unpaired) electrons. The molecule has 3 rings (SSSR count). The number of hydrogen-bond donors (Lipinski definition) is 2. The van der Waals surface area contributed by atoms with Crippen LogP contribution >= 0.6 is 0 Å². The van der Waals surface area contributed by atoms with Crippen molar-refractivity contribution in [3.8, 4) is 0 Å². The number of amides is 3. The van der Waals surface area contributed by atoms with Gasteiger partial charge in [0.2, 0.25) is 5.91 Å². The molecule has 0 aromatic heterocycles. The number of hydrogen-bond acceptors (Lipinski definition) is 4. The zero-order valence-electron chi connectivity index (χ0n) is 22.6. The van der Waals surface area contributed by atoms with Crippen molar-refractivity contribution < 1.29 is 19.1 Å². The fourth-order valence-corrected chi connectivity index (χ4v) is 4.51. The van der Waals surface area contributed by atoms with Gasteiger partial charge in [0.15, 0.2) is 0 Å². The van der Waals surface area contributed by atoms with E-state index in [1.54, 1.807) is 32.6 Å². The summed E-state index contributed by atoms with van der Waals surface area (Å²) in [5.41, 5.74) is 3.61. The highest BCUT2D eigenvalue weighted by Gasteiger charge is 2.48. The predicted molar refractivity (Wildman–Crippen MR) is 142 cm³/mol. The maximum Gasteiger partial charge on any atom is 0.408 e. The Morgan fingerprint density at radius 2 is 1.53 bits per heavy atom. The van der Waals surface area contributed by atoms with Gasteiger partial charge in [-0.3, -0.25) is 9.59 Å². The Balaban J connectivity index is 2.01. The smallest absolute Gasteiger partial charge is 0.408 e. The third kappa shape index (κ3) is 6.45. The van der Waals surface area contributed by atoms with E-state index in [-0.39, 0.29) is 23.8 Å². The molecule has 1 fully saturated rings. The number of nitrogens with one attached hydrogen (secondary N) is 2. The summed E-state index contributed by atoms with van der Waals surface area (Å²) in [6, 6.07) is 11.6. The summed E-state index contributed by atoms with van der Waals surface area (Å²) in [6.07, 6.45) is 0.129. The van der Waals surface area contributed by atoms with Crippen LogP contribution in [0.4, 0.5) is 10.5 Å². The highest BCUT2D eigenvalue weighted by Crippen LogP contribution is 2.42. The Kier molecular flexibility index (Phi) is 8.12. The van der Waals surface area contributed by atoms with Crippen molar-refractivity contribution in [3.63, 3.8) is 0 Å². The fourth-order valence-electron chi connectivity index (χ4n) is 4.51. The van der Waals surface area contributed by atoms with Gasteiger partial charge >= 0.3 is 6.09 Å². The SMILES string of the molecule is Cc1ccccc1NC(=O)C(c1c(C)cccc1C)N(C(=O)C(C)NC(=O)OC(C)(C)C)C1CC1C. The zero-order chi connectivity index (χ0) is 26.8. The lowest BCUT2D eigenvalue weighted by molar-refractivity contribution is -0.141. The molecule has 2 aromatic rings. The molecule has 0 spiro atoms. The van der Waals surface area contributed by atoms with Crippen LogP contribution in [0.3, 0.4) is 0 Å². The molecule has 0 saturated heterocycles. The number of nitrogens with zero attached hydrogens (tertiary/aromatic N) is 1. The quantitative estimate of drug-likeness (QED) is 0.537. The number of carbonyl (C=O) groups excluding carboxylic acids is 3. The van der Waals surface area contributed by atoms with Crippen molar-refractivity contribution in [2.45, 2.75) is 85.5 Å². The number of aryl methyl sites for hydroxylation is 3. The van der Waals surface area contributed by atoms with E-state index >= 15 is 0 Å². The minimum Gasteiger partial charge on any atom is -0.444 e. The minimum absolute atomic E-state index is 0.105. The van der Waals surface area contributed by atoms with Gasteiger partial charge in [0.25, 0.3) is 5.91 Å². The lowest BCUT2D eigenvalue weighted by Crippen LogP contribution is -2.52. The molecule has 2 N–H and O–H groups in total. The average Bonchev–Trinajstić information content (AvgIpc) is 3.48. The maximum atomic E-state index is 14.0. The van der Waals surface area contributed by atoms with Gasteiger partial charge in [0, 0.05) is 11.7 Å². The lowest BCUT2D eigenvalue weighted by Gasteiger charge is -2.35. The standard InChI is InChI=1S/C29H39N3O4/c1-17-12-9-10-15-22(17)31-26(33)25(24-18(2)13-11-14-19(24)3)32(23-16-20(23)4)27(34)21(5)30-28(35)36-29(6,7)8/h9-15,20-21,23,25H,16H2,1-8H3,(H,30,35)(H,31,33). The van der Waals surface area contributed by atoms with E-state index in [9.17, 15) is 14.4 Å². The fraction of sp³-hybridized carbons (Fsp3) is 0.483. The molecule has 194 valence electrons. The number of alkyl carbamates (subject to hydrolysis) is 1. The van der Waals surface area contributed by atoms with Crippen LogP contribution in [0.25, 0.3) is 0 Å². The Morgan fingerprint density at radius 1 is 0.972 bits per heavy atom. The monoisotopic (exact) mass is 493 g/mol. The molecule has 1 aliphatic rings. The van der Waals surface area contributed by atoms with Crippen LogP contribution < -0.4 is 10.6 Å². The molecule has 0 aliphatic heterocycles. The molecule has 1 aliphatic carbocycles. The van der Waals surface area contributed by atoms with E-state index in [1.807, 2.05) is 63.2 Å². The molecular formula is C29H39N3O4. The third-order valence-electron chi connectivity index (χ3n) is 6.53. The molecule has 0 bridgehead atoms. The van der Waals surface area contributed by atoms with Gasteiger partial charge in [0.1, 0.15) is 17.7 Å². The molecule has 36 heavy (non-hydrogen) atoms. The van der Waals surface area contributed by atoms with Gasteiger partial charge in [-0.1, -0.05) is 43.3 Å². The molecule has 4 atom stereocenters. The first-order valence-electron chi connectivity index (χ1n) is 12.5. The van der Waals surface area contributed by atoms with E-state index in [0.29, 0.717) is 5.69 Å². The Labute approximate surface area is 214 Å². The summed E-state index contributed by atoms with van der Waals surface area (Å²) in [4.78, 5) is 42.0. The molecule has 4 unspecified atom stereocenters. The van der Waals surface area contributed by atoms with E-state index in [0.717, 1.165) is 28.7 Å². The van der Waals surface area contributed by atoms with Crippen molar-refractivity contribution in [3.05, 3.63) is 64.7 Å². The molecular weight excluding hydrogens is 454 g/mol. The van der Waals surface area contributed by atoms with Crippen molar-refractivity contribution >= 4 is 23.6 Å². The van der Waals surface area contributed by atoms with Crippen LogP contribution in [0.2, 0.25) is 0 Å². The van der Waals surface area contributed by atoms with Crippen molar-refractivity contribution in [1.29, 1.82) is 0 Å². The van der Waals surface area contributed by atoms with Gasteiger partial charge in [0.05, 0.1) is 0 Å².